The van der Waals surface area contributed by atoms with Crippen LogP contribution in [0.3, 0.4) is 0 Å². The molecule has 1 aliphatic rings. The topological polar surface area (TPSA) is 57.1 Å². The number of ether oxygens (including phenoxy) is 1. The molecule has 1 aliphatic carbocycles. The molecule has 1 aromatic carbocycles. The van der Waals surface area contributed by atoms with Crippen LogP contribution in [0.2, 0.25) is 0 Å². The Kier molecular flexibility index (Phi) is 7.03. The number of halogens is 1. The van der Waals surface area contributed by atoms with Crippen LogP contribution in [-0.4, -0.2) is 24.8 Å². The zero-order valence-electron chi connectivity index (χ0n) is 12.8. The summed E-state index contributed by atoms with van der Waals surface area (Å²) in [5.74, 6) is 0.0671. The molecular formula is C17H18BrNO4. The number of hydrogen-bond donors (Lipinski definition) is 0. The van der Waals surface area contributed by atoms with E-state index in [0.29, 0.717) is 31.9 Å². The summed E-state index contributed by atoms with van der Waals surface area (Å²) in [5, 5.41) is 0. The molecule has 0 spiro atoms. The summed E-state index contributed by atoms with van der Waals surface area (Å²) < 4.78 is 6.65. The molecule has 0 heterocycles. The monoisotopic (exact) mass is 379 g/mol. The van der Waals surface area contributed by atoms with Crippen LogP contribution in [0, 0.1) is 0 Å². The van der Waals surface area contributed by atoms with Gasteiger partial charge in [-0.15, -0.1) is 0 Å². The first kappa shape index (κ1) is 17.4. The molecule has 0 N–H and O–H groups in total. The zero-order valence-corrected chi connectivity index (χ0v) is 14.4. The van der Waals surface area contributed by atoms with Crippen molar-refractivity contribution in [3.8, 4) is 0 Å². The van der Waals surface area contributed by atoms with Gasteiger partial charge in [0.05, 0.1) is 26.2 Å². The molecule has 0 saturated carbocycles. The fourth-order valence-electron chi connectivity index (χ4n) is 1.87. The molecular weight excluding hydrogens is 362 g/mol. The normalized spacial score (nSPS) is 15.4. The predicted octanol–water partition coefficient (Wildman–Crippen LogP) is 3.75. The van der Waals surface area contributed by atoms with Crippen LogP contribution >= 0.6 is 15.9 Å². The second-order valence-electron chi connectivity index (χ2n) is 4.88. The van der Waals surface area contributed by atoms with E-state index in [1.54, 1.807) is 6.08 Å². The lowest BCUT2D eigenvalue weighted by molar-refractivity contribution is -0.245. The average Bonchev–Trinajstić information content (AvgIpc) is 2.55. The Hall–Kier alpha value is -1.92. The molecule has 0 fully saturated rings. The zero-order chi connectivity index (χ0) is 16.5. The van der Waals surface area contributed by atoms with E-state index >= 15 is 0 Å². The quantitative estimate of drug-likeness (QED) is 0.411. The van der Waals surface area contributed by atoms with Crippen LogP contribution < -0.4 is 0 Å². The molecule has 2 rings (SSSR count). The van der Waals surface area contributed by atoms with Crippen LogP contribution in [-0.2, 0) is 25.9 Å². The van der Waals surface area contributed by atoms with Gasteiger partial charge in [0.15, 0.2) is 5.76 Å². The highest BCUT2D eigenvalue weighted by Gasteiger charge is 2.09. The molecule has 0 aliphatic heterocycles. The lowest BCUT2D eigenvalue weighted by Crippen LogP contribution is -2.08. The van der Waals surface area contributed by atoms with Gasteiger partial charge in [0, 0.05) is 17.1 Å². The number of hydrogen-bond acceptors (Lipinski definition) is 5. The summed E-state index contributed by atoms with van der Waals surface area (Å²) in [6.45, 7) is 2.96. The highest BCUT2D eigenvalue weighted by molar-refractivity contribution is 9.10. The third-order valence-corrected chi connectivity index (χ3v) is 3.45. The maximum atomic E-state index is 10.7. The van der Waals surface area contributed by atoms with Crippen LogP contribution in [0.15, 0.2) is 57.7 Å². The van der Waals surface area contributed by atoms with Gasteiger partial charge in [0.2, 0.25) is 0 Å². The molecule has 122 valence electrons. The van der Waals surface area contributed by atoms with Gasteiger partial charge in [-0.3, -0.25) is 14.8 Å². The number of carbonyl (C=O) groups is 1. The second kappa shape index (κ2) is 9.27. The standard InChI is InChI=1S/C17H18BrNO4/c1-13(20)22-23-17-4-2-3-16(11-17)19-9-10-21-12-14-5-7-15(18)8-6-14/h2-8H,9-12H2,1H3. The Balaban J connectivity index is 1.68. The molecule has 0 radical (unpaired) electrons. The number of aliphatic imine (C=N–C) groups is 1. The third kappa shape index (κ3) is 6.80. The molecule has 0 aromatic heterocycles. The van der Waals surface area contributed by atoms with E-state index in [-0.39, 0.29) is 0 Å². The van der Waals surface area contributed by atoms with E-state index < -0.39 is 5.97 Å². The van der Waals surface area contributed by atoms with Crippen LogP contribution in [0.5, 0.6) is 0 Å². The maximum absolute atomic E-state index is 10.7. The Labute approximate surface area is 143 Å². The van der Waals surface area contributed by atoms with Crippen molar-refractivity contribution in [2.45, 2.75) is 20.0 Å². The minimum atomic E-state index is -0.486. The largest absolute Gasteiger partial charge is 0.375 e. The first-order valence-corrected chi connectivity index (χ1v) is 8.00. The van der Waals surface area contributed by atoms with Crippen molar-refractivity contribution in [3.63, 3.8) is 0 Å². The van der Waals surface area contributed by atoms with E-state index in [2.05, 4.69) is 25.8 Å². The van der Waals surface area contributed by atoms with Crippen molar-refractivity contribution < 1.29 is 19.3 Å². The fraction of sp³-hybridized carbons (Fsp3) is 0.294. The SMILES string of the molecule is CC(=O)OOC1=CC=CC(=NCCOCc2ccc(Br)cc2)C1. The van der Waals surface area contributed by atoms with E-state index in [1.165, 1.54) is 6.92 Å². The van der Waals surface area contributed by atoms with Gasteiger partial charge < -0.3 is 4.74 Å². The number of nitrogens with zero attached hydrogens (tertiary/aromatic N) is 1. The van der Waals surface area contributed by atoms with Gasteiger partial charge in [0.25, 0.3) is 0 Å². The second-order valence-corrected chi connectivity index (χ2v) is 5.79. The Morgan fingerprint density at radius 1 is 1.30 bits per heavy atom. The highest BCUT2D eigenvalue weighted by atomic mass is 79.9. The fourth-order valence-corrected chi connectivity index (χ4v) is 2.13. The van der Waals surface area contributed by atoms with Crippen molar-refractivity contribution in [1.82, 2.24) is 0 Å². The molecule has 0 saturated heterocycles. The summed E-state index contributed by atoms with van der Waals surface area (Å²) >= 11 is 3.40. The molecule has 6 heteroatoms. The number of rotatable bonds is 7. The Morgan fingerprint density at radius 2 is 2.09 bits per heavy atom. The average molecular weight is 380 g/mol. The summed E-state index contributed by atoms with van der Waals surface area (Å²) in [7, 11) is 0. The van der Waals surface area contributed by atoms with Gasteiger partial charge in [0.1, 0.15) is 0 Å². The first-order valence-electron chi connectivity index (χ1n) is 7.21. The van der Waals surface area contributed by atoms with E-state index in [9.17, 15) is 4.79 Å². The summed E-state index contributed by atoms with van der Waals surface area (Å²) in [6, 6.07) is 8.01. The van der Waals surface area contributed by atoms with Crippen molar-refractivity contribution in [2.24, 2.45) is 4.99 Å². The lowest BCUT2D eigenvalue weighted by atomic mass is 10.1. The minimum absolute atomic E-state index is 0.486. The first-order chi connectivity index (χ1) is 11.1. The van der Waals surface area contributed by atoms with Crippen molar-refractivity contribution >= 4 is 27.6 Å². The van der Waals surface area contributed by atoms with E-state index in [0.717, 1.165) is 15.7 Å². The van der Waals surface area contributed by atoms with E-state index in [4.69, 9.17) is 9.62 Å². The third-order valence-electron chi connectivity index (χ3n) is 2.92. The number of benzene rings is 1. The molecule has 1 aromatic rings. The van der Waals surface area contributed by atoms with Crippen molar-refractivity contribution in [2.75, 3.05) is 13.2 Å². The number of carbonyl (C=O) groups excluding carboxylic acids is 1. The van der Waals surface area contributed by atoms with Crippen molar-refractivity contribution in [3.05, 3.63) is 58.3 Å². The van der Waals surface area contributed by atoms with Gasteiger partial charge >= 0.3 is 5.97 Å². The molecule has 23 heavy (non-hydrogen) atoms. The summed E-state index contributed by atoms with van der Waals surface area (Å²) in [5.41, 5.74) is 1.99. The van der Waals surface area contributed by atoms with Crippen LogP contribution in [0.4, 0.5) is 0 Å². The molecule has 5 nitrogen and oxygen atoms in total. The van der Waals surface area contributed by atoms with Crippen LogP contribution in [0.1, 0.15) is 18.9 Å². The highest BCUT2D eigenvalue weighted by Crippen LogP contribution is 2.13. The van der Waals surface area contributed by atoms with Crippen LogP contribution in [0.25, 0.3) is 0 Å². The minimum Gasteiger partial charge on any atom is -0.375 e. The van der Waals surface area contributed by atoms with Gasteiger partial charge in [-0.05, 0) is 29.8 Å². The van der Waals surface area contributed by atoms with Crippen molar-refractivity contribution in [1.29, 1.82) is 0 Å². The molecule has 0 unspecified atom stereocenters. The van der Waals surface area contributed by atoms with Gasteiger partial charge in [-0.25, -0.2) is 4.79 Å². The van der Waals surface area contributed by atoms with E-state index in [1.807, 2.05) is 36.4 Å². The molecule has 0 bridgehead atoms. The summed E-state index contributed by atoms with van der Waals surface area (Å²) in [6.07, 6.45) is 5.95. The maximum Gasteiger partial charge on any atom is 0.352 e. The van der Waals surface area contributed by atoms with Gasteiger partial charge in [-0.1, -0.05) is 34.1 Å². The van der Waals surface area contributed by atoms with Gasteiger partial charge in [-0.2, -0.15) is 0 Å². The lowest BCUT2D eigenvalue weighted by Gasteiger charge is -2.10. The predicted molar refractivity (Wildman–Crippen MR) is 90.8 cm³/mol. The Bertz CT molecular complexity index is 620. The summed E-state index contributed by atoms with van der Waals surface area (Å²) in [4.78, 5) is 24.6. The molecule has 0 amide bonds. The Morgan fingerprint density at radius 3 is 2.83 bits per heavy atom. The smallest absolute Gasteiger partial charge is 0.352 e. The number of allylic oxidation sites excluding steroid dienone is 4. The molecule has 0 atom stereocenters.